The third-order valence-corrected chi connectivity index (χ3v) is 3.07. The van der Waals surface area contributed by atoms with E-state index in [1.807, 2.05) is 25.1 Å². The van der Waals surface area contributed by atoms with Crippen molar-refractivity contribution in [1.29, 1.82) is 5.26 Å². The third kappa shape index (κ3) is 2.66. The minimum Gasteiger partial charge on any atom is -0.287 e. The molecule has 18 heavy (non-hydrogen) atoms. The van der Waals surface area contributed by atoms with Gasteiger partial charge in [-0.1, -0.05) is 25.1 Å². The van der Waals surface area contributed by atoms with Crippen LogP contribution in [0, 0.1) is 18.3 Å². The van der Waals surface area contributed by atoms with E-state index in [2.05, 4.69) is 35.0 Å². The molecule has 0 radical (unpaired) electrons. The molecule has 0 aliphatic heterocycles. The summed E-state index contributed by atoms with van der Waals surface area (Å²) >= 11 is 0. The van der Waals surface area contributed by atoms with E-state index in [9.17, 15) is 0 Å². The van der Waals surface area contributed by atoms with Crippen molar-refractivity contribution in [3.8, 4) is 6.07 Å². The van der Waals surface area contributed by atoms with Gasteiger partial charge in [-0.25, -0.2) is 0 Å². The molecule has 0 unspecified atom stereocenters. The molecule has 2 rings (SSSR count). The van der Waals surface area contributed by atoms with Gasteiger partial charge >= 0.3 is 0 Å². The first-order valence-corrected chi connectivity index (χ1v) is 6.19. The van der Waals surface area contributed by atoms with Crippen molar-refractivity contribution in [1.82, 2.24) is 9.88 Å². The Balaban J connectivity index is 2.40. The van der Waals surface area contributed by atoms with E-state index in [0.717, 1.165) is 24.3 Å². The highest BCUT2D eigenvalue weighted by Gasteiger charge is 2.08. The van der Waals surface area contributed by atoms with Crippen molar-refractivity contribution in [3.63, 3.8) is 0 Å². The zero-order valence-electron chi connectivity index (χ0n) is 10.8. The summed E-state index contributed by atoms with van der Waals surface area (Å²) in [6, 6.07) is 12.5. The smallest absolute Gasteiger partial charge is 0.0868 e. The Hall–Kier alpha value is -1.92. The first-order chi connectivity index (χ1) is 8.74. The van der Waals surface area contributed by atoms with Crippen molar-refractivity contribution < 1.29 is 0 Å². The Morgan fingerprint density at radius 3 is 2.83 bits per heavy atom. The van der Waals surface area contributed by atoms with Gasteiger partial charge in [0.1, 0.15) is 0 Å². The second-order valence-electron chi connectivity index (χ2n) is 4.40. The van der Waals surface area contributed by atoms with Crippen LogP contribution in [0.3, 0.4) is 0 Å². The highest BCUT2D eigenvalue weighted by atomic mass is 15.1. The van der Waals surface area contributed by atoms with Crippen LogP contribution in [-0.2, 0) is 6.54 Å². The van der Waals surface area contributed by atoms with Crippen LogP contribution in [0.25, 0.3) is 10.9 Å². The van der Waals surface area contributed by atoms with Gasteiger partial charge in [0.2, 0.25) is 0 Å². The fourth-order valence-electron chi connectivity index (χ4n) is 2.15. The summed E-state index contributed by atoms with van der Waals surface area (Å²) in [5, 5.41) is 9.99. The summed E-state index contributed by atoms with van der Waals surface area (Å²) in [5.41, 5.74) is 3.30. The first kappa shape index (κ1) is 12.5. The van der Waals surface area contributed by atoms with E-state index >= 15 is 0 Å². The van der Waals surface area contributed by atoms with E-state index in [1.54, 1.807) is 0 Å². The lowest BCUT2D eigenvalue weighted by molar-refractivity contribution is 0.316. The molecule has 0 aliphatic rings. The number of aryl methyl sites for hydroxylation is 1. The van der Waals surface area contributed by atoms with Crippen molar-refractivity contribution in [2.75, 3.05) is 13.1 Å². The number of pyridine rings is 1. The van der Waals surface area contributed by atoms with Gasteiger partial charge in [-0.2, -0.15) is 5.26 Å². The second-order valence-corrected chi connectivity index (χ2v) is 4.40. The van der Waals surface area contributed by atoms with Crippen LogP contribution in [0.2, 0.25) is 0 Å². The summed E-state index contributed by atoms with van der Waals surface area (Å²) in [7, 11) is 0. The van der Waals surface area contributed by atoms with Crippen LogP contribution in [-0.4, -0.2) is 23.0 Å². The SMILES string of the molecule is CCN(CC#N)Cc1cc(C)nc2ccccc12. The van der Waals surface area contributed by atoms with Gasteiger partial charge in [0.05, 0.1) is 18.1 Å². The summed E-state index contributed by atoms with van der Waals surface area (Å²) in [6.45, 7) is 6.23. The van der Waals surface area contributed by atoms with Gasteiger partial charge in [0.25, 0.3) is 0 Å². The fourth-order valence-corrected chi connectivity index (χ4v) is 2.15. The van der Waals surface area contributed by atoms with Crippen molar-refractivity contribution in [2.24, 2.45) is 0 Å². The Kier molecular flexibility index (Phi) is 3.91. The summed E-state index contributed by atoms with van der Waals surface area (Å²) < 4.78 is 0. The van der Waals surface area contributed by atoms with Gasteiger partial charge in [0.15, 0.2) is 0 Å². The van der Waals surface area contributed by atoms with Crippen LogP contribution in [0.4, 0.5) is 0 Å². The van der Waals surface area contributed by atoms with E-state index in [0.29, 0.717) is 6.54 Å². The van der Waals surface area contributed by atoms with Crippen molar-refractivity contribution in [3.05, 3.63) is 41.6 Å². The molecular weight excluding hydrogens is 222 g/mol. The molecule has 0 saturated heterocycles. The molecule has 0 saturated carbocycles. The zero-order chi connectivity index (χ0) is 13.0. The van der Waals surface area contributed by atoms with Gasteiger partial charge in [-0.15, -0.1) is 0 Å². The molecule has 0 atom stereocenters. The fraction of sp³-hybridized carbons (Fsp3) is 0.333. The van der Waals surface area contributed by atoms with Crippen molar-refractivity contribution in [2.45, 2.75) is 20.4 Å². The topological polar surface area (TPSA) is 39.9 Å². The maximum Gasteiger partial charge on any atom is 0.0868 e. The number of para-hydroxylation sites is 1. The largest absolute Gasteiger partial charge is 0.287 e. The van der Waals surface area contributed by atoms with E-state index in [-0.39, 0.29) is 0 Å². The third-order valence-electron chi connectivity index (χ3n) is 3.07. The van der Waals surface area contributed by atoms with E-state index in [1.165, 1.54) is 10.9 Å². The van der Waals surface area contributed by atoms with Gasteiger partial charge in [-0.05, 0) is 31.2 Å². The molecule has 2 aromatic rings. The number of fused-ring (bicyclic) bond motifs is 1. The van der Waals surface area contributed by atoms with Gasteiger partial charge < -0.3 is 0 Å². The average Bonchev–Trinajstić information content (AvgIpc) is 2.38. The monoisotopic (exact) mass is 239 g/mol. The summed E-state index contributed by atoms with van der Waals surface area (Å²) in [4.78, 5) is 6.66. The van der Waals surface area contributed by atoms with Crippen LogP contribution in [0.5, 0.6) is 0 Å². The maximum atomic E-state index is 8.81. The Bertz CT molecular complexity index is 584. The van der Waals surface area contributed by atoms with Crippen molar-refractivity contribution >= 4 is 10.9 Å². The molecule has 1 aromatic heterocycles. The number of benzene rings is 1. The lowest BCUT2D eigenvalue weighted by atomic mass is 10.1. The van der Waals surface area contributed by atoms with Crippen LogP contribution < -0.4 is 0 Å². The first-order valence-electron chi connectivity index (χ1n) is 6.19. The van der Waals surface area contributed by atoms with E-state index in [4.69, 9.17) is 5.26 Å². The molecule has 1 heterocycles. The molecule has 1 aromatic carbocycles. The molecule has 92 valence electrons. The second kappa shape index (κ2) is 5.61. The highest BCUT2D eigenvalue weighted by Crippen LogP contribution is 2.19. The molecule has 3 heteroatoms. The maximum absolute atomic E-state index is 8.81. The zero-order valence-corrected chi connectivity index (χ0v) is 10.8. The minimum absolute atomic E-state index is 0.464. The normalized spacial score (nSPS) is 10.8. The molecule has 0 fully saturated rings. The van der Waals surface area contributed by atoms with E-state index < -0.39 is 0 Å². The lowest BCUT2D eigenvalue weighted by Crippen LogP contribution is -2.23. The Labute approximate surface area is 108 Å². The van der Waals surface area contributed by atoms with Crippen LogP contribution in [0.1, 0.15) is 18.2 Å². The number of nitriles is 1. The standard InChI is InChI=1S/C15H17N3/c1-3-18(9-8-16)11-13-10-12(2)17-15-7-5-4-6-14(13)15/h4-7,10H,3,9,11H2,1-2H3. The quantitative estimate of drug-likeness (QED) is 0.770. The van der Waals surface area contributed by atoms with Gasteiger partial charge in [0, 0.05) is 17.6 Å². The van der Waals surface area contributed by atoms with Gasteiger partial charge in [-0.3, -0.25) is 9.88 Å². The number of hydrogen-bond acceptors (Lipinski definition) is 3. The minimum atomic E-state index is 0.464. The number of rotatable bonds is 4. The van der Waals surface area contributed by atoms with Crippen LogP contribution >= 0.6 is 0 Å². The molecule has 0 N–H and O–H groups in total. The predicted octanol–water partition coefficient (Wildman–Crippen LogP) is 2.89. The number of aromatic nitrogens is 1. The summed E-state index contributed by atoms with van der Waals surface area (Å²) in [6.07, 6.45) is 0. The molecule has 0 amide bonds. The number of hydrogen-bond donors (Lipinski definition) is 0. The Morgan fingerprint density at radius 2 is 2.11 bits per heavy atom. The molecule has 0 bridgehead atoms. The summed E-state index contributed by atoms with van der Waals surface area (Å²) in [5.74, 6) is 0. The number of nitrogens with zero attached hydrogens (tertiary/aromatic N) is 3. The lowest BCUT2D eigenvalue weighted by Gasteiger charge is -2.18. The average molecular weight is 239 g/mol. The predicted molar refractivity (Wildman–Crippen MR) is 73.0 cm³/mol. The molecule has 3 nitrogen and oxygen atoms in total. The van der Waals surface area contributed by atoms with Crippen LogP contribution in [0.15, 0.2) is 30.3 Å². The molecule has 0 spiro atoms. The molecular formula is C15H17N3. The highest BCUT2D eigenvalue weighted by molar-refractivity contribution is 5.82. The Morgan fingerprint density at radius 1 is 1.33 bits per heavy atom. The molecule has 0 aliphatic carbocycles.